The molecule has 0 aromatic heterocycles. The Bertz CT molecular complexity index is 1090. The highest BCUT2D eigenvalue weighted by atomic mass is 32.2. The number of hydrogen-bond acceptors (Lipinski definition) is 5. The molecule has 0 aliphatic heterocycles. The fourth-order valence-corrected chi connectivity index (χ4v) is 5.06. The molecule has 7 nitrogen and oxygen atoms in total. The van der Waals surface area contributed by atoms with Crippen molar-refractivity contribution in [1.82, 2.24) is 5.32 Å². The van der Waals surface area contributed by atoms with E-state index in [9.17, 15) is 39.6 Å². The van der Waals surface area contributed by atoms with E-state index in [2.05, 4.69) is 10.3 Å². The van der Waals surface area contributed by atoms with Crippen LogP contribution in [0.4, 0.5) is 32.0 Å². The quantitative estimate of drug-likeness (QED) is 0.425. The van der Waals surface area contributed by atoms with Crippen LogP contribution in [-0.4, -0.2) is 39.3 Å². The number of hydrogen-bond donors (Lipinski definition) is 3. The largest absolute Gasteiger partial charge is 0.416 e. The molecule has 14 heteroatoms. The first-order valence-corrected chi connectivity index (χ1v) is 10.5. The number of alkyl halides is 6. The Morgan fingerprint density at radius 1 is 1.16 bits per heavy atom. The van der Waals surface area contributed by atoms with E-state index in [0.717, 1.165) is 12.3 Å². The number of amides is 1. The molecule has 0 atom stereocenters. The van der Waals surface area contributed by atoms with E-state index in [1.807, 2.05) is 4.72 Å². The van der Waals surface area contributed by atoms with Crippen LogP contribution in [0.1, 0.15) is 35.2 Å². The van der Waals surface area contributed by atoms with Gasteiger partial charge in [-0.05, 0) is 37.5 Å². The number of halogens is 6. The molecule has 1 aromatic carbocycles. The van der Waals surface area contributed by atoms with E-state index in [-0.39, 0.29) is 19.3 Å². The first-order chi connectivity index (χ1) is 14.6. The van der Waals surface area contributed by atoms with Gasteiger partial charge in [-0.25, -0.2) is 8.42 Å². The number of sulfonamides is 1. The zero-order valence-electron chi connectivity index (χ0n) is 16.4. The van der Waals surface area contributed by atoms with Crippen LogP contribution in [-0.2, 0) is 16.2 Å². The molecule has 2 bridgehead atoms. The number of benzene rings is 1. The summed E-state index contributed by atoms with van der Waals surface area (Å²) in [4.78, 5) is 15.6. The minimum absolute atomic E-state index is 0.343. The zero-order chi connectivity index (χ0) is 24.2. The molecule has 1 amide bonds. The lowest BCUT2D eigenvalue weighted by Gasteiger charge is -2.70. The van der Waals surface area contributed by atoms with Crippen LogP contribution in [0.5, 0.6) is 0 Å². The Hall–Kier alpha value is -2.77. The molecule has 1 aromatic rings. The van der Waals surface area contributed by atoms with Gasteiger partial charge in [0.2, 0.25) is 0 Å². The zero-order valence-corrected chi connectivity index (χ0v) is 17.2. The number of nitrogens with one attached hydrogen (secondary N) is 2. The summed E-state index contributed by atoms with van der Waals surface area (Å²) in [5, 5.41) is 2.40. The van der Waals surface area contributed by atoms with Gasteiger partial charge in [-0.15, -0.1) is 0 Å². The summed E-state index contributed by atoms with van der Waals surface area (Å²) in [7, 11) is -3.28. The number of anilines is 1. The predicted molar refractivity (Wildman–Crippen MR) is 103 cm³/mol. The molecule has 0 unspecified atom stereocenters. The number of rotatable bonds is 6. The van der Waals surface area contributed by atoms with Crippen molar-refractivity contribution in [2.75, 3.05) is 11.8 Å². The van der Waals surface area contributed by atoms with Gasteiger partial charge in [0.25, 0.3) is 15.9 Å². The van der Waals surface area contributed by atoms with Crippen LogP contribution < -0.4 is 15.8 Å². The minimum Gasteiger partial charge on any atom is -0.403 e. The maximum Gasteiger partial charge on any atom is 0.416 e. The van der Waals surface area contributed by atoms with Crippen molar-refractivity contribution in [2.45, 2.75) is 37.2 Å². The molecular formula is C18H18F6N4O3S. The molecule has 0 spiro atoms. The fourth-order valence-electron chi connectivity index (χ4n) is 4.07. The second-order valence-corrected chi connectivity index (χ2v) is 9.55. The lowest BCUT2D eigenvalue weighted by atomic mass is 9.39. The smallest absolute Gasteiger partial charge is 0.403 e. The molecule has 3 aliphatic carbocycles. The summed E-state index contributed by atoms with van der Waals surface area (Å²) in [6, 6.07) is 1.74. The summed E-state index contributed by atoms with van der Waals surface area (Å²) in [5.41, 5.74) is -0.183. The third kappa shape index (κ3) is 4.02. The molecule has 0 radical (unpaired) electrons. The molecule has 3 saturated carbocycles. The molecule has 0 heterocycles. The average molecular weight is 484 g/mol. The lowest BCUT2D eigenvalue weighted by Crippen LogP contribution is -2.78. The summed E-state index contributed by atoms with van der Waals surface area (Å²) in [6.07, 6.45) is -8.80. The molecule has 4 N–H and O–H groups in total. The average Bonchev–Trinajstić information content (AvgIpc) is 2.58. The van der Waals surface area contributed by atoms with E-state index in [1.54, 1.807) is 0 Å². The fraction of sp³-hybridized carbons (Fsp3) is 0.444. The van der Waals surface area contributed by atoms with Crippen molar-refractivity contribution >= 4 is 27.8 Å². The van der Waals surface area contributed by atoms with Gasteiger partial charge >= 0.3 is 12.4 Å². The molecule has 4 rings (SSSR count). The van der Waals surface area contributed by atoms with Crippen LogP contribution >= 0.6 is 0 Å². The summed E-state index contributed by atoms with van der Waals surface area (Å²) in [5.74, 6) is -1.01. The van der Waals surface area contributed by atoms with E-state index in [0.29, 0.717) is 18.3 Å². The Balaban J connectivity index is 1.90. The van der Waals surface area contributed by atoms with Crippen molar-refractivity contribution < 1.29 is 39.6 Å². The third-order valence-electron chi connectivity index (χ3n) is 5.58. The van der Waals surface area contributed by atoms with E-state index in [1.165, 1.54) is 7.05 Å². The Morgan fingerprint density at radius 2 is 1.75 bits per heavy atom. The van der Waals surface area contributed by atoms with E-state index in [4.69, 9.17) is 5.73 Å². The second kappa shape index (κ2) is 7.39. The summed E-state index contributed by atoms with van der Waals surface area (Å²) < 4.78 is 105. The van der Waals surface area contributed by atoms with Crippen molar-refractivity contribution in [3.63, 3.8) is 0 Å². The maximum absolute atomic E-state index is 13.1. The van der Waals surface area contributed by atoms with Gasteiger partial charge in [0.1, 0.15) is 4.91 Å². The van der Waals surface area contributed by atoms with E-state index >= 15 is 0 Å². The van der Waals surface area contributed by atoms with Gasteiger partial charge in [-0.2, -0.15) is 26.3 Å². The van der Waals surface area contributed by atoms with Crippen molar-refractivity contribution in [1.29, 1.82) is 0 Å². The topological polar surface area (TPSA) is 114 Å². The first kappa shape index (κ1) is 23.9. The molecule has 3 aliphatic rings. The lowest BCUT2D eigenvalue weighted by molar-refractivity contribution is -0.336. The van der Waals surface area contributed by atoms with Crippen LogP contribution in [0, 0.1) is 5.41 Å². The normalized spacial score (nSPS) is 25.8. The molecule has 176 valence electrons. The van der Waals surface area contributed by atoms with Crippen molar-refractivity contribution in [3.05, 3.63) is 40.4 Å². The highest BCUT2D eigenvalue weighted by molar-refractivity contribution is 7.97. The van der Waals surface area contributed by atoms with Gasteiger partial charge in [-0.3, -0.25) is 14.5 Å². The third-order valence-corrected chi connectivity index (χ3v) is 6.93. The van der Waals surface area contributed by atoms with Crippen LogP contribution in [0.15, 0.2) is 34.3 Å². The number of carbonyl (C=O) groups is 1. The van der Waals surface area contributed by atoms with Gasteiger partial charge < -0.3 is 11.1 Å². The van der Waals surface area contributed by atoms with Crippen LogP contribution in [0.3, 0.4) is 0 Å². The molecule has 32 heavy (non-hydrogen) atoms. The van der Waals surface area contributed by atoms with E-state index < -0.39 is 61.0 Å². The number of nitrogens with zero attached hydrogens (tertiary/aromatic N) is 1. The van der Waals surface area contributed by atoms with Gasteiger partial charge in [-0.1, -0.05) is 0 Å². The Kier molecular flexibility index (Phi) is 5.51. The molecule has 0 saturated heterocycles. The Morgan fingerprint density at radius 3 is 2.22 bits per heavy atom. The second-order valence-electron chi connectivity index (χ2n) is 7.86. The summed E-state index contributed by atoms with van der Waals surface area (Å²) >= 11 is 0. The Labute approximate surface area is 178 Å². The summed E-state index contributed by atoms with van der Waals surface area (Å²) in [6.45, 7) is 0. The standard InChI is InChI=1S/C18H18F6N4O3S/c1-26-6-11(5-25)32(30,31)28-13-4-10(17(19,20)21)2-3-12(13)14(29)27-16-7-15(8-16,9-16)18(22,23)24/h2-6,28H,7-9,25H2,1H3,(H,27,29). The maximum atomic E-state index is 13.1. The van der Waals surface area contributed by atoms with Crippen LogP contribution in [0.25, 0.3) is 0 Å². The SMILES string of the molecule is CN=CC(=CN)S(=O)(=O)Nc1cc(C(F)(F)F)ccc1C(=O)NC12CC(C(F)(F)F)(C1)C2. The highest BCUT2D eigenvalue weighted by Crippen LogP contribution is 2.73. The molecule has 3 fully saturated rings. The monoisotopic (exact) mass is 484 g/mol. The number of aliphatic imine (C=N–C) groups is 1. The van der Waals surface area contributed by atoms with Gasteiger partial charge in [0.15, 0.2) is 0 Å². The van der Waals surface area contributed by atoms with Crippen molar-refractivity contribution in [2.24, 2.45) is 16.1 Å². The molecular weight excluding hydrogens is 466 g/mol. The first-order valence-electron chi connectivity index (χ1n) is 9.06. The van der Waals surface area contributed by atoms with Crippen molar-refractivity contribution in [3.8, 4) is 0 Å². The number of allylic oxidation sites excluding steroid dienone is 1. The van der Waals surface area contributed by atoms with Crippen LogP contribution in [0.2, 0.25) is 0 Å². The predicted octanol–water partition coefficient (Wildman–Crippen LogP) is 3.16. The van der Waals surface area contributed by atoms with Gasteiger partial charge in [0, 0.05) is 25.0 Å². The number of carbonyl (C=O) groups excluding carboxylic acids is 1. The minimum atomic E-state index is -4.85. The number of nitrogens with two attached hydrogens (primary N) is 1. The van der Waals surface area contributed by atoms with Gasteiger partial charge in [0.05, 0.1) is 22.2 Å². The highest BCUT2D eigenvalue weighted by Gasteiger charge is 2.79.